The third-order valence-corrected chi connectivity index (χ3v) is 4.64. The molecule has 3 rings (SSSR count). The number of anilines is 2. The lowest BCUT2D eigenvalue weighted by molar-refractivity contribution is 0.356. The topological polar surface area (TPSA) is 82.1 Å². The molecule has 0 amide bonds. The summed E-state index contributed by atoms with van der Waals surface area (Å²) in [5.41, 5.74) is 0.642. The van der Waals surface area contributed by atoms with Gasteiger partial charge in [-0.2, -0.15) is 4.98 Å². The number of nitrogens with one attached hydrogen (secondary N) is 1. The van der Waals surface area contributed by atoms with Crippen LogP contribution in [0.1, 0.15) is 24.8 Å². The van der Waals surface area contributed by atoms with Crippen LogP contribution in [-0.2, 0) is 0 Å². The molecule has 1 aromatic carbocycles. The van der Waals surface area contributed by atoms with Gasteiger partial charge in [0.2, 0.25) is 10.4 Å². The van der Waals surface area contributed by atoms with E-state index in [0.717, 1.165) is 10.4 Å². The van der Waals surface area contributed by atoms with Gasteiger partial charge >= 0.3 is 0 Å². The van der Waals surface area contributed by atoms with Gasteiger partial charge in [0.15, 0.2) is 11.5 Å². The van der Waals surface area contributed by atoms with Crippen LogP contribution >= 0.6 is 22.9 Å². The Hall–Kier alpha value is -2.19. The molecule has 9 heteroatoms. The summed E-state index contributed by atoms with van der Waals surface area (Å²) in [6.07, 6.45) is 0. The molecular formula is C15H16ClN5O2S. The maximum atomic E-state index is 6.05. The molecule has 0 radical (unpaired) electrons. The maximum Gasteiger partial charge on any atom is 0.224 e. The summed E-state index contributed by atoms with van der Waals surface area (Å²) >= 11 is 7.52. The second kappa shape index (κ2) is 6.74. The van der Waals surface area contributed by atoms with E-state index in [0.29, 0.717) is 33.9 Å². The number of rotatable bonds is 5. The van der Waals surface area contributed by atoms with Gasteiger partial charge in [-0.05, 0) is 17.7 Å². The number of aromatic nitrogens is 4. The van der Waals surface area contributed by atoms with Crippen LogP contribution in [-0.4, -0.2) is 34.4 Å². The molecule has 0 fully saturated rings. The average Bonchev–Trinajstić information content (AvgIpc) is 3.02. The van der Waals surface area contributed by atoms with Crippen LogP contribution in [0.15, 0.2) is 12.1 Å². The minimum absolute atomic E-state index is 0.130. The summed E-state index contributed by atoms with van der Waals surface area (Å²) in [5.74, 6) is 2.01. The molecule has 0 unspecified atom stereocenters. The minimum atomic E-state index is 0.130. The number of nitrogens with zero attached hydrogens (tertiary/aromatic N) is 4. The van der Waals surface area contributed by atoms with E-state index in [-0.39, 0.29) is 5.28 Å². The Kier molecular flexibility index (Phi) is 4.68. The standard InChI is InChI=1S/C15H16ClN5O2S/c1-7(2)13-20-21-15(24-13)19-12-8-5-10(22-3)11(23-4)6-9(8)17-14(16)18-12/h5-7H,1-4H3,(H,17,18,19,21). The van der Waals surface area contributed by atoms with Crippen LogP contribution < -0.4 is 14.8 Å². The number of hydrogen-bond acceptors (Lipinski definition) is 8. The summed E-state index contributed by atoms with van der Waals surface area (Å²) in [6, 6.07) is 3.56. The third-order valence-electron chi connectivity index (χ3n) is 3.33. The summed E-state index contributed by atoms with van der Waals surface area (Å²) in [5, 5.41) is 13.9. The third kappa shape index (κ3) is 3.20. The first kappa shape index (κ1) is 16.7. The largest absolute Gasteiger partial charge is 0.493 e. The monoisotopic (exact) mass is 365 g/mol. The molecule has 0 bridgehead atoms. The lowest BCUT2D eigenvalue weighted by atomic mass is 10.2. The van der Waals surface area contributed by atoms with Gasteiger partial charge in [-0.25, -0.2) is 4.98 Å². The van der Waals surface area contributed by atoms with Crippen molar-refractivity contribution in [3.05, 3.63) is 22.4 Å². The van der Waals surface area contributed by atoms with Crippen LogP contribution in [0.2, 0.25) is 5.28 Å². The molecule has 1 N–H and O–H groups in total. The predicted octanol–water partition coefficient (Wildman–Crippen LogP) is 4.02. The molecule has 0 aliphatic rings. The summed E-state index contributed by atoms with van der Waals surface area (Å²) in [4.78, 5) is 8.51. The highest BCUT2D eigenvalue weighted by Gasteiger charge is 2.15. The highest BCUT2D eigenvalue weighted by molar-refractivity contribution is 7.15. The predicted molar refractivity (Wildman–Crippen MR) is 94.9 cm³/mol. The number of fused-ring (bicyclic) bond motifs is 1. The number of halogens is 1. The lowest BCUT2D eigenvalue weighted by Crippen LogP contribution is -1.99. The summed E-state index contributed by atoms with van der Waals surface area (Å²) < 4.78 is 10.7. The lowest BCUT2D eigenvalue weighted by Gasteiger charge is -2.11. The zero-order valence-corrected chi connectivity index (χ0v) is 15.2. The Bertz CT molecular complexity index is 884. The molecular weight excluding hydrogens is 350 g/mol. The van der Waals surface area contributed by atoms with E-state index >= 15 is 0 Å². The van der Waals surface area contributed by atoms with Gasteiger partial charge in [0.1, 0.15) is 10.8 Å². The van der Waals surface area contributed by atoms with E-state index in [1.807, 2.05) is 0 Å². The zero-order chi connectivity index (χ0) is 17.3. The molecule has 2 heterocycles. The molecule has 126 valence electrons. The van der Waals surface area contributed by atoms with Gasteiger partial charge in [0.25, 0.3) is 0 Å². The summed E-state index contributed by atoms with van der Waals surface area (Å²) in [6.45, 7) is 4.14. The Balaban J connectivity index is 2.08. The van der Waals surface area contributed by atoms with Crippen LogP contribution in [0, 0.1) is 0 Å². The Morgan fingerprint density at radius 3 is 2.42 bits per heavy atom. The van der Waals surface area contributed by atoms with E-state index in [2.05, 4.69) is 39.3 Å². The van der Waals surface area contributed by atoms with Gasteiger partial charge in [0, 0.05) is 17.4 Å². The fourth-order valence-electron chi connectivity index (χ4n) is 2.14. The van der Waals surface area contributed by atoms with E-state index in [1.54, 1.807) is 26.4 Å². The van der Waals surface area contributed by atoms with Crippen molar-refractivity contribution in [2.75, 3.05) is 19.5 Å². The molecule has 0 saturated carbocycles. The Morgan fingerprint density at radius 2 is 1.79 bits per heavy atom. The van der Waals surface area contributed by atoms with Crippen LogP contribution in [0.25, 0.3) is 10.9 Å². The van der Waals surface area contributed by atoms with Crippen LogP contribution in [0.5, 0.6) is 11.5 Å². The van der Waals surface area contributed by atoms with E-state index in [9.17, 15) is 0 Å². The quantitative estimate of drug-likeness (QED) is 0.683. The van der Waals surface area contributed by atoms with Gasteiger partial charge in [0.05, 0.1) is 19.7 Å². The average molecular weight is 366 g/mol. The van der Waals surface area contributed by atoms with Gasteiger partial charge in [-0.3, -0.25) is 0 Å². The molecule has 24 heavy (non-hydrogen) atoms. The van der Waals surface area contributed by atoms with Crippen molar-refractivity contribution in [3.8, 4) is 11.5 Å². The highest BCUT2D eigenvalue weighted by Crippen LogP contribution is 2.36. The fraction of sp³-hybridized carbons (Fsp3) is 0.333. The van der Waals surface area contributed by atoms with Crippen molar-refractivity contribution in [3.63, 3.8) is 0 Å². The van der Waals surface area contributed by atoms with E-state index in [4.69, 9.17) is 21.1 Å². The van der Waals surface area contributed by atoms with Crippen LogP contribution in [0.3, 0.4) is 0 Å². The summed E-state index contributed by atoms with van der Waals surface area (Å²) in [7, 11) is 3.15. The second-order valence-corrected chi connectivity index (χ2v) is 6.64. The van der Waals surface area contributed by atoms with Crippen LogP contribution in [0.4, 0.5) is 10.9 Å². The molecule has 7 nitrogen and oxygen atoms in total. The smallest absolute Gasteiger partial charge is 0.224 e. The molecule has 3 aromatic rings. The molecule has 0 aliphatic heterocycles. The second-order valence-electron chi connectivity index (χ2n) is 5.29. The van der Waals surface area contributed by atoms with Crippen molar-refractivity contribution in [2.24, 2.45) is 0 Å². The first-order chi connectivity index (χ1) is 11.5. The van der Waals surface area contributed by atoms with Crippen molar-refractivity contribution >= 4 is 44.8 Å². The molecule has 0 atom stereocenters. The Labute approximate surface area is 148 Å². The first-order valence-electron chi connectivity index (χ1n) is 7.21. The Morgan fingerprint density at radius 1 is 1.08 bits per heavy atom. The maximum absolute atomic E-state index is 6.05. The van der Waals surface area contributed by atoms with E-state index < -0.39 is 0 Å². The number of methoxy groups -OCH3 is 2. The first-order valence-corrected chi connectivity index (χ1v) is 8.41. The SMILES string of the molecule is COc1cc2nc(Cl)nc(Nc3nnc(C(C)C)s3)c2cc1OC. The van der Waals surface area contributed by atoms with Crippen molar-refractivity contribution in [1.29, 1.82) is 0 Å². The van der Waals surface area contributed by atoms with Gasteiger partial charge in [-0.15, -0.1) is 10.2 Å². The molecule has 0 saturated heterocycles. The molecule has 0 aliphatic carbocycles. The van der Waals surface area contributed by atoms with Crippen molar-refractivity contribution < 1.29 is 9.47 Å². The number of benzene rings is 1. The molecule has 0 spiro atoms. The van der Waals surface area contributed by atoms with E-state index in [1.165, 1.54) is 11.3 Å². The molecule has 2 aromatic heterocycles. The van der Waals surface area contributed by atoms with Gasteiger partial charge in [-0.1, -0.05) is 25.2 Å². The van der Waals surface area contributed by atoms with Crippen molar-refractivity contribution in [2.45, 2.75) is 19.8 Å². The zero-order valence-electron chi connectivity index (χ0n) is 13.6. The fourth-order valence-corrected chi connectivity index (χ4v) is 3.06. The van der Waals surface area contributed by atoms with Gasteiger partial charge < -0.3 is 14.8 Å². The number of ether oxygens (including phenoxy) is 2. The minimum Gasteiger partial charge on any atom is -0.493 e. The normalized spacial score (nSPS) is 11.1. The van der Waals surface area contributed by atoms with Crippen molar-refractivity contribution in [1.82, 2.24) is 20.2 Å². The highest BCUT2D eigenvalue weighted by atomic mass is 35.5. The number of hydrogen-bond donors (Lipinski definition) is 1.